The number of amides is 1. The van der Waals surface area contributed by atoms with E-state index < -0.39 is 0 Å². The molecule has 3 heterocycles. The second-order valence-corrected chi connectivity index (χ2v) is 8.84. The van der Waals surface area contributed by atoms with Crippen molar-refractivity contribution < 1.29 is 9.90 Å². The zero-order valence-electron chi connectivity index (χ0n) is 16.9. The number of carbonyl (C=O) groups is 1. The van der Waals surface area contributed by atoms with Crippen molar-refractivity contribution in [1.29, 1.82) is 0 Å². The zero-order valence-corrected chi connectivity index (χ0v) is 18.5. The van der Waals surface area contributed by atoms with Crippen molar-refractivity contribution in [3.05, 3.63) is 64.3 Å². The number of halogens is 1. The molecule has 0 bridgehead atoms. The highest BCUT2D eigenvalue weighted by molar-refractivity contribution is 7.17. The van der Waals surface area contributed by atoms with E-state index in [1.54, 1.807) is 24.5 Å². The molecule has 2 aromatic heterocycles. The molecular weight excluding hydrogens is 434 g/mol. The number of rotatable bonds is 7. The van der Waals surface area contributed by atoms with Crippen molar-refractivity contribution in [2.75, 3.05) is 36.9 Å². The molecule has 3 aromatic rings. The second kappa shape index (κ2) is 10.2. The fourth-order valence-electron chi connectivity index (χ4n) is 3.69. The Hall–Kier alpha value is -2.52. The molecule has 4 rings (SSSR count). The average Bonchev–Trinajstić information content (AvgIpc) is 3.25. The highest BCUT2D eigenvalue weighted by atomic mass is 35.5. The van der Waals surface area contributed by atoms with Crippen LogP contribution >= 0.6 is 22.9 Å². The molecule has 0 atom stereocenters. The van der Waals surface area contributed by atoms with Gasteiger partial charge in [-0.1, -0.05) is 35.1 Å². The van der Waals surface area contributed by atoms with Gasteiger partial charge in [0.25, 0.3) is 5.91 Å². The third kappa shape index (κ3) is 5.59. The number of aromatic nitrogens is 2. The summed E-state index contributed by atoms with van der Waals surface area (Å²) in [7, 11) is 0. The molecule has 1 amide bonds. The van der Waals surface area contributed by atoms with E-state index in [1.807, 2.05) is 12.1 Å². The van der Waals surface area contributed by atoms with E-state index in [0.717, 1.165) is 32.5 Å². The van der Waals surface area contributed by atoms with Crippen LogP contribution < -0.4 is 10.6 Å². The molecule has 1 aromatic carbocycles. The normalized spacial score (nSPS) is 15.0. The quantitative estimate of drug-likeness (QED) is 0.488. The summed E-state index contributed by atoms with van der Waals surface area (Å²) in [6.07, 6.45) is 5.47. The number of aliphatic hydroxyl groups is 1. The van der Waals surface area contributed by atoms with Crippen LogP contribution in [0.15, 0.2) is 48.8 Å². The number of benzene rings is 1. The van der Waals surface area contributed by atoms with Crippen molar-refractivity contribution in [1.82, 2.24) is 14.9 Å². The average molecular weight is 458 g/mol. The maximum Gasteiger partial charge on any atom is 0.267 e. The van der Waals surface area contributed by atoms with Gasteiger partial charge in [-0.3, -0.25) is 4.79 Å². The Balaban J connectivity index is 1.38. The van der Waals surface area contributed by atoms with Crippen LogP contribution in [0, 0.1) is 0 Å². The number of piperidine rings is 1. The molecule has 1 aliphatic rings. The first-order valence-electron chi connectivity index (χ1n) is 10.2. The largest absolute Gasteiger partial charge is 0.395 e. The van der Waals surface area contributed by atoms with Gasteiger partial charge in [0.2, 0.25) is 0 Å². The number of nitrogens with zero attached hydrogens (tertiary/aromatic N) is 3. The molecule has 0 aliphatic carbocycles. The van der Waals surface area contributed by atoms with E-state index in [2.05, 4.69) is 37.6 Å². The number of thiazole rings is 1. The smallest absolute Gasteiger partial charge is 0.267 e. The first-order valence-corrected chi connectivity index (χ1v) is 11.4. The van der Waals surface area contributed by atoms with Crippen LogP contribution in [0.1, 0.15) is 34.0 Å². The first kappa shape index (κ1) is 21.7. The third-order valence-electron chi connectivity index (χ3n) is 5.35. The summed E-state index contributed by atoms with van der Waals surface area (Å²) in [6, 6.07) is 11.2. The number of likely N-dealkylation sites (tertiary alicyclic amines) is 1. The molecular formula is C22H24ClN5O2S. The molecule has 0 saturated carbocycles. The van der Waals surface area contributed by atoms with E-state index in [4.69, 9.17) is 16.7 Å². The Morgan fingerprint density at radius 1 is 1.23 bits per heavy atom. The van der Waals surface area contributed by atoms with Crippen molar-refractivity contribution in [3.8, 4) is 0 Å². The minimum atomic E-state index is -0.255. The molecule has 0 spiro atoms. The van der Waals surface area contributed by atoms with Crippen LogP contribution in [0.2, 0.25) is 5.02 Å². The minimum absolute atomic E-state index is 0.209. The zero-order chi connectivity index (χ0) is 21.6. The molecule has 3 N–H and O–H groups in total. The lowest BCUT2D eigenvalue weighted by molar-refractivity contribution is 0.103. The molecule has 31 heavy (non-hydrogen) atoms. The van der Waals surface area contributed by atoms with Gasteiger partial charge in [-0.05, 0) is 61.7 Å². The standard InChI is InChI=1S/C22H24ClN5O2S/c23-17-3-1-2-4-18(17)26-21(30)19-14-25-22(31-19)27-20-13-16(5-8-24-20)15-6-9-28(10-7-15)11-12-29/h1-5,8,13-15,29H,6-7,9-12H2,(H,26,30)(H,24,25,27). The van der Waals surface area contributed by atoms with E-state index in [9.17, 15) is 4.79 Å². The second-order valence-electron chi connectivity index (χ2n) is 7.40. The highest BCUT2D eigenvalue weighted by Gasteiger charge is 2.21. The summed E-state index contributed by atoms with van der Waals surface area (Å²) >= 11 is 7.37. The van der Waals surface area contributed by atoms with Gasteiger partial charge in [0.05, 0.1) is 23.5 Å². The molecule has 1 saturated heterocycles. The minimum Gasteiger partial charge on any atom is -0.395 e. The number of β-amino-alcohol motifs (C(OH)–C–C–N with tert-alkyl or cyclic N) is 1. The Morgan fingerprint density at radius 3 is 2.81 bits per heavy atom. The van der Waals surface area contributed by atoms with Gasteiger partial charge < -0.3 is 20.6 Å². The predicted molar refractivity (Wildman–Crippen MR) is 125 cm³/mol. The van der Waals surface area contributed by atoms with Gasteiger partial charge in [-0.15, -0.1) is 0 Å². The van der Waals surface area contributed by atoms with Crippen molar-refractivity contribution in [3.63, 3.8) is 0 Å². The van der Waals surface area contributed by atoms with Gasteiger partial charge >= 0.3 is 0 Å². The number of aliphatic hydroxyl groups excluding tert-OH is 1. The van der Waals surface area contributed by atoms with Gasteiger partial charge in [-0.25, -0.2) is 9.97 Å². The van der Waals surface area contributed by atoms with Crippen molar-refractivity contribution in [2.45, 2.75) is 18.8 Å². The number of para-hydroxylation sites is 1. The van der Waals surface area contributed by atoms with Crippen LogP contribution in [0.25, 0.3) is 0 Å². The molecule has 7 nitrogen and oxygen atoms in total. The van der Waals surface area contributed by atoms with Crippen LogP contribution in [-0.4, -0.2) is 52.1 Å². The van der Waals surface area contributed by atoms with Crippen LogP contribution in [0.4, 0.5) is 16.6 Å². The van der Waals surface area contributed by atoms with Gasteiger partial charge in [-0.2, -0.15) is 0 Å². The predicted octanol–water partition coefficient (Wildman–Crippen LogP) is 4.36. The van der Waals surface area contributed by atoms with Crippen molar-refractivity contribution >= 4 is 45.5 Å². The molecule has 162 valence electrons. The molecule has 9 heteroatoms. The number of hydrogen-bond donors (Lipinski definition) is 3. The van der Waals surface area contributed by atoms with Crippen LogP contribution in [0.5, 0.6) is 0 Å². The number of carbonyl (C=O) groups excluding carboxylic acids is 1. The Kier molecular flexibility index (Phi) is 7.14. The lowest BCUT2D eigenvalue weighted by Crippen LogP contribution is -2.34. The maximum absolute atomic E-state index is 12.5. The van der Waals surface area contributed by atoms with Crippen LogP contribution in [-0.2, 0) is 0 Å². The summed E-state index contributed by atoms with van der Waals surface area (Å²) in [4.78, 5) is 24.0. The summed E-state index contributed by atoms with van der Waals surface area (Å²) < 4.78 is 0. The summed E-state index contributed by atoms with van der Waals surface area (Å²) in [5.41, 5.74) is 1.81. The van der Waals surface area contributed by atoms with E-state index >= 15 is 0 Å². The lowest BCUT2D eigenvalue weighted by atomic mass is 9.90. The first-order chi connectivity index (χ1) is 15.1. The molecule has 1 fully saturated rings. The monoisotopic (exact) mass is 457 g/mol. The van der Waals surface area contributed by atoms with Gasteiger partial charge in [0.15, 0.2) is 5.13 Å². The Morgan fingerprint density at radius 2 is 2.03 bits per heavy atom. The van der Waals surface area contributed by atoms with E-state index in [0.29, 0.717) is 32.5 Å². The number of pyridine rings is 1. The number of anilines is 3. The highest BCUT2D eigenvalue weighted by Crippen LogP contribution is 2.30. The number of nitrogens with one attached hydrogen (secondary N) is 2. The Labute approximate surface area is 190 Å². The van der Waals surface area contributed by atoms with Crippen LogP contribution in [0.3, 0.4) is 0 Å². The summed E-state index contributed by atoms with van der Waals surface area (Å²) in [5.74, 6) is 0.935. The summed E-state index contributed by atoms with van der Waals surface area (Å²) in [5, 5.41) is 16.2. The number of hydrogen-bond acceptors (Lipinski definition) is 7. The van der Waals surface area contributed by atoms with Crippen molar-refractivity contribution in [2.24, 2.45) is 0 Å². The van der Waals surface area contributed by atoms with Gasteiger partial charge in [0, 0.05) is 12.7 Å². The van der Waals surface area contributed by atoms with Gasteiger partial charge in [0.1, 0.15) is 10.7 Å². The third-order valence-corrected chi connectivity index (χ3v) is 6.59. The lowest BCUT2D eigenvalue weighted by Gasteiger charge is -2.31. The molecule has 1 aliphatic heterocycles. The topological polar surface area (TPSA) is 90.4 Å². The summed E-state index contributed by atoms with van der Waals surface area (Å²) in [6.45, 7) is 2.94. The maximum atomic E-state index is 12.5. The van der Waals surface area contributed by atoms with E-state index in [-0.39, 0.29) is 12.5 Å². The molecule has 0 unspecified atom stereocenters. The fraction of sp³-hybridized carbons (Fsp3) is 0.318. The fourth-order valence-corrected chi connectivity index (χ4v) is 4.59. The molecule has 0 radical (unpaired) electrons. The van der Waals surface area contributed by atoms with E-state index in [1.165, 1.54) is 16.9 Å². The Bertz CT molecular complexity index is 1040. The SMILES string of the molecule is O=C(Nc1ccccc1Cl)c1cnc(Nc2cc(C3CCN(CCO)CC3)ccn2)s1.